The van der Waals surface area contributed by atoms with Crippen molar-refractivity contribution in [3.8, 4) is 0 Å². The molecule has 2 heterocycles. The van der Waals surface area contributed by atoms with Crippen LogP contribution in [0.5, 0.6) is 0 Å². The number of rotatable bonds is 4. The molecule has 0 atom stereocenters. The Hall–Kier alpha value is -4.18. The number of fused-ring (bicyclic) bond motifs is 2. The standard InChI is InChI=1S/C26H18N4/c1-3-7-25-19(5-1)9-11-23(29-25)17-27-21-13-15-22(16-14-21)28-18-24-12-10-20-6-2-4-8-26(20)30-24/h1-18H. The van der Waals surface area contributed by atoms with Gasteiger partial charge >= 0.3 is 0 Å². The van der Waals surface area contributed by atoms with Crippen molar-refractivity contribution >= 4 is 45.6 Å². The fourth-order valence-corrected chi connectivity index (χ4v) is 3.21. The highest BCUT2D eigenvalue weighted by Crippen LogP contribution is 2.19. The first-order valence-electron chi connectivity index (χ1n) is 9.73. The predicted octanol–water partition coefficient (Wildman–Crippen LogP) is 6.28. The highest BCUT2D eigenvalue weighted by Gasteiger charge is 1.97. The number of para-hydroxylation sites is 2. The molecule has 30 heavy (non-hydrogen) atoms. The van der Waals surface area contributed by atoms with Gasteiger partial charge in [-0.1, -0.05) is 48.5 Å². The smallest absolute Gasteiger partial charge is 0.0820 e. The molecule has 0 bridgehead atoms. The molecular weight excluding hydrogens is 368 g/mol. The van der Waals surface area contributed by atoms with E-state index in [4.69, 9.17) is 0 Å². The Labute approximate surface area is 174 Å². The maximum Gasteiger partial charge on any atom is 0.0820 e. The van der Waals surface area contributed by atoms with E-state index < -0.39 is 0 Å². The normalized spacial score (nSPS) is 11.7. The number of hydrogen-bond acceptors (Lipinski definition) is 4. The van der Waals surface area contributed by atoms with E-state index in [0.717, 1.165) is 44.6 Å². The average molecular weight is 386 g/mol. The molecule has 2 aromatic heterocycles. The van der Waals surface area contributed by atoms with Gasteiger partial charge in [-0.3, -0.25) is 9.98 Å². The molecule has 5 rings (SSSR count). The summed E-state index contributed by atoms with van der Waals surface area (Å²) in [5.41, 5.74) is 5.30. The van der Waals surface area contributed by atoms with E-state index in [2.05, 4.69) is 44.2 Å². The first kappa shape index (κ1) is 17.9. The molecule has 0 fully saturated rings. The van der Waals surface area contributed by atoms with E-state index in [9.17, 15) is 0 Å². The Morgan fingerprint density at radius 1 is 0.467 bits per heavy atom. The summed E-state index contributed by atoms with van der Waals surface area (Å²) in [4.78, 5) is 18.3. The van der Waals surface area contributed by atoms with Gasteiger partial charge in [-0.05, 0) is 48.5 Å². The summed E-state index contributed by atoms with van der Waals surface area (Å²) in [6.07, 6.45) is 3.56. The van der Waals surface area contributed by atoms with Crippen LogP contribution in [0.25, 0.3) is 21.8 Å². The van der Waals surface area contributed by atoms with Gasteiger partial charge < -0.3 is 0 Å². The highest BCUT2D eigenvalue weighted by molar-refractivity contribution is 5.87. The van der Waals surface area contributed by atoms with Gasteiger partial charge in [0.15, 0.2) is 0 Å². The lowest BCUT2D eigenvalue weighted by atomic mass is 10.2. The molecule has 4 heteroatoms. The van der Waals surface area contributed by atoms with Crippen LogP contribution in [0.3, 0.4) is 0 Å². The summed E-state index contributed by atoms with van der Waals surface area (Å²) in [5.74, 6) is 0. The molecule has 142 valence electrons. The number of pyridine rings is 2. The van der Waals surface area contributed by atoms with Crippen molar-refractivity contribution in [2.24, 2.45) is 9.98 Å². The maximum absolute atomic E-state index is 4.61. The van der Waals surface area contributed by atoms with Crippen LogP contribution in [0.4, 0.5) is 11.4 Å². The van der Waals surface area contributed by atoms with Crippen molar-refractivity contribution in [1.29, 1.82) is 0 Å². The fraction of sp³-hybridized carbons (Fsp3) is 0. The topological polar surface area (TPSA) is 50.5 Å². The molecule has 0 aliphatic heterocycles. The fourth-order valence-electron chi connectivity index (χ4n) is 3.21. The van der Waals surface area contributed by atoms with Crippen LogP contribution in [0.2, 0.25) is 0 Å². The van der Waals surface area contributed by atoms with Crippen LogP contribution in [0.1, 0.15) is 11.4 Å². The van der Waals surface area contributed by atoms with Crippen molar-refractivity contribution < 1.29 is 0 Å². The zero-order valence-electron chi connectivity index (χ0n) is 16.2. The molecule has 0 radical (unpaired) electrons. The second-order valence-corrected chi connectivity index (χ2v) is 6.89. The third-order valence-corrected chi connectivity index (χ3v) is 4.78. The summed E-state index contributed by atoms with van der Waals surface area (Å²) in [5, 5.41) is 2.25. The number of hydrogen-bond donors (Lipinski definition) is 0. The van der Waals surface area contributed by atoms with Crippen molar-refractivity contribution in [3.63, 3.8) is 0 Å². The third kappa shape index (κ3) is 3.98. The molecule has 0 saturated heterocycles. The van der Waals surface area contributed by atoms with Gasteiger partial charge in [0.25, 0.3) is 0 Å². The monoisotopic (exact) mass is 386 g/mol. The Bertz CT molecular complexity index is 1280. The van der Waals surface area contributed by atoms with E-state index in [1.165, 1.54) is 0 Å². The Morgan fingerprint density at radius 3 is 1.37 bits per heavy atom. The molecule has 0 amide bonds. The lowest BCUT2D eigenvalue weighted by Gasteiger charge is -1.99. The first-order valence-corrected chi connectivity index (χ1v) is 9.73. The lowest BCUT2D eigenvalue weighted by molar-refractivity contribution is 1.37. The number of aliphatic imine (C=N–C) groups is 2. The van der Waals surface area contributed by atoms with E-state index in [-0.39, 0.29) is 0 Å². The van der Waals surface area contributed by atoms with Gasteiger partial charge in [0.1, 0.15) is 0 Å². The minimum Gasteiger partial charge on any atom is -0.255 e. The van der Waals surface area contributed by atoms with Crippen molar-refractivity contribution in [1.82, 2.24) is 9.97 Å². The number of nitrogens with zero attached hydrogens (tertiary/aromatic N) is 4. The molecule has 4 nitrogen and oxygen atoms in total. The molecule has 0 unspecified atom stereocenters. The zero-order chi connectivity index (χ0) is 20.2. The average Bonchev–Trinajstić information content (AvgIpc) is 2.82. The van der Waals surface area contributed by atoms with Crippen LogP contribution in [-0.4, -0.2) is 22.4 Å². The van der Waals surface area contributed by atoms with Gasteiger partial charge in [-0.15, -0.1) is 0 Å². The predicted molar refractivity (Wildman–Crippen MR) is 124 cm³/mol. The Morgan fingerprint density at radius 2 is 0.900 bits per heavy atom. The zero-order valence-corrected chi connectivity index (χ0v) is 16.2. The van der Waals surface area contributed by atoms with E-state index in [1.54, 1.807) is 12.4 Å². The van der Waals surface area contributed by atoms with Crippen molar-refractivity contribution in [2.45, 2.75) is 0 Å². The first-order chi connectivity index (χ1) is 14.8. The third-order valence-electron chi connectivity index (χ3n) is 4.78. The van der Waals surface area contributed by atoms with Crippen LogP contribution >= 0.6 is 0 Å². The molecule has 5 aromatic rings. The van der Waals surface area contributed by atoms with Gasteiger partial charge in [0.2, 0.25) is 0 Å². The minimum absolute atomic E-state index is 0.832. The summed E-state index contributed by atoms with van der Waals surface area (Å²) < 4.78 is 0. The molecule has 0 aliphatic carbocycles. The number of benzene rings is 3. The van der Waals surface area contributed by atoms with Crippen molar-refractivity contribution in [2.75, 3.05) is 0 Å². The second-order valence-electron chi connectivity index (χ2n) is 6.89. The summed E-state index contributed by atoms with van der Waals surface area (Å²) >= 11 is 0. The van der Waals surface area contributed by atoms with Gasteiger partial charge in [-0.25, -0.2) is 9.97 Å². The van der Waals surface area contributed by atoms with E-state index in [1.807, 2.05) is 72.8 Å². The van der Waals surface area contributed by atoms with Crippen LogP contribution < -0.4 is 0 Å². The maximum atomic E-state index is 4.61. The van der Waals surface area contributed by atoms with Crippen LogP contribution in [-0.2, 0) is 0 Å². The SMILES string of the molecule is C(=Nc1ccc(N=Cc2ccc3ccccc3n2)cc1)c1ccc2ccccc2n1. The molecule has 0 saturated carbocycles. The molecular formula is C26H18N4. The van der Waals surface area contributed by atoms with E-state index >= 15 is 0 Å². The van der Waals surface area contributed by atoms with Gasteiger partial charge in [0, 0.05) is 10.8 Å². The summed E-state index contributed by atoms with van der Waals surface area (Å²) in [6.45, 7) is 0. The molecule has 3 aromatic carbocycles. The van der Waals surface area contributed by atoms with Crippen LogP contribution in [0, 0.1) is 0 Å². The lowest BCUT2D eigenvalue weighted by Crippen LogP contribution is -1.88. The Kier molecular flexibility index (Phi) is 4.80. The summed E-state index contributed by atoms with van der Waals surface area (Å²) in [6, 6.07) is 31.9. The molecule has 0 N–H and O–H groups in total. The van der Waals surface area contributed by atoms with E-state index in [0.29, 0.717) is 0 Å². The molecule has 0 spiro atoms. The van der Waals surface area contributed by atoms with Gasteiger partial charge in [0.05, 0.1) is 46.2 Å². The summed E-state index contributed by atoms with van der Waals surface area (Å²) in [7, 11) is 0. The van der Waals surface area contributed by atoms with Crippen LogP contribution in [0.15, 0.2) is 107 Å². The second kappa shape index (κ2) is 8.05. The highest BCUT2D eigenvalue weighted by atomic mass is 14.8. The minimum atomic E-state index is 0.832. The Balaban J connectivity index is 1.30. The molecule has 0 aliphatic rings. The van der Waals surface area contributed by atoms with Gasteiger partial charge in [-0.2, -0.15) is 0 Å². The quantitative estimate of drug-likeness (QED) is 0.341. The van der Waals surface area contributed by atoms with Crippen molar-refractivity contribution in [3.05, 3.63) is 108 Å². The number of aromatic nitrogens is 2. The largest absolute Gasteiger partial charge is 0.255 e.